The minimum atomic E-state index is -3.53. The molecular formula is C9H13NO4S2. The van der Waals surface area contributed by atoms with Crippen molar-refractivity contribution in [3.05, 3.63) is 16.3 Å². The van der Waals surface area contributed by atoms with Gasteiger partial charge in [-0.15, -0.1) is 11.3 Å². The van der Waals surface area contributed by atoms with Crippen molar-refractivity contribution in [1.82, 2.24) is 4.31 Å². The fourth-order valence-corrected chi connectivity index (χ4v) is 3.54. The summed E-state index contributed by atoms with van der Waals surface area (Å²) in [6.07, 6.45) is 0.714. The molecule has 0 amide bonds. The van der Waals surface area contributed by atoms with E-state index in [2.05, 4.69) is 0 Å². The Balaban J connectivity index is 3.03. The second kappa shape index (κ2) is 4.94. The highest BCUT2D eigenvalue weighted by Crippen LogP contribution is 2.22. The average molecular weight is 263 g/mol. The zero-order valence-electron chi connectivity index (χ0n) is 9.00. The van der Waals surface area contributed by atoms with Gasteiger partial charge in [-0.1, -0.05) is 6.92 Å². The highest BCUT2D eigenvalue weighted by Gasteiger charge is 2.22. The summed E-state index contributed by atoms with van der Waals surface area (Å²) in [7, 11) is -2.05. The Bertz CT molecular complexity index is 477. The zero-order chi connectivity index (χ0) is 12.3. The summed E-state index contributed by atoms with van der Waals surface area (Å²) in [5, 5.41) is 10.1. The zero-order valence-corrected chi connectivity index (χ0v) is 10.6. The van der Waals surface area contributed by atoms with Gasteiger partial charge in [0.25, 0.3) is 0 Å². The molecule has 0 saturated carbocycles. The lowest BCUT2D eigenvalue weighted by Gasteiger charge is -2.14. The van der Waals surface area contributed by atoms with Gasteiger partial charge >= 0.3 is 5.97 Å². The van der Waals surface area contributed by atoms with Crippen molar-refractivity contribution in [3.8, 4) is 0 Å². The standard InChI is InChI=1S/C9H13NO4S2/c1-3-4-10(2)16(13,14)7-5-8(9(11)12)15-6-7/h5-6H,3-4H2,1-2H3,(H,11,12). The molecule has 1 aromatic rings. The van der Waals surface area contributed by atoms with Gasteiger partial charge in [-0.05, 0) is 12.5 Å². The normalized spacial score (nSPS) is 11.9. The van der Waals surface area contributed by atoms with E-state index in [-0.39, 0.29) is 9.77 Å². The molecule has 1 rings (SSSR count). The van der Waals surface area contributed by atoms with Crippen molar-refractivity contribution in [2.75, 3.05) is 13.6 Å². The first kappa shape index (κ1) is 13.1. The van der Waals surface area contributed by atoms with Crippen LogP contribution in [0, 0.1) is 0 Å². The van der Waals surface area contributed by atoms with Crippen LogP contribution in [0.25, 0.3) is 0 Å². The van der Waals surface area contributed by atoms with Crippen molar-refractivity contribution >= 4 is 27.3 Å². The average Bonchev–Trinajstić information content (AvgIpc) is 2.67. The Labute approximate surface area is 98.4 Å². The molecule has 0 aliphatic rings. The lowest BCUT2D eigenvalue weighted by molar-refractivity contribution is 0.0702. The molecule has 90 valence electrons. The predicted molar refractivity (Wildman–Crippen MR) is 61.4 cm³/mol. The van der Waals surface area contributed by atoms with E-state index in [1.165, 1.54) is 22.8 Å². The molecule has 0 aliphatic carbocycles. The van der Waals surface area contributed by atoms with Gasteiger partial charge < -0.3 is 5.11 Å². The second-order valence-corrected chi connectivity index (χ2v) is 6.23. The monoisotopic (exact) mass is 263 g/mol. The summed E-state index contributed by atoms with van der Waals surface area (Å²) < 4.78 is 25.0. The number of rotatable bonds is 5. The van der Waals surface area contributed by atoms with Gasteiger partial charge in [0.2, 0.25) is 10.0 Å². The highest BCUT2D eigenvalue weighted by molar-refractivity contribution is 7.89. The van der Waals surface area contributed by atoms with Crippen LogP contribution in [-0.4, -0.2) is 37.4 Å². The maximum absolute atomic E-state index is 11.9. The molecule has 1 N–H and O–H groups in total. The van der Waals surface area contributed by atoms with Crippen LogP contribution in [0.4, 0.5) is 0 Å². The van der Waals surface area contributed by atoms with Crippen molar-refractivity contribution in [3.63, 3.8) is 0 Å². The van der Waals surface area contributed by atoms with E-state index in [0.717, 1.165) is 11.3 Å². The molecule has 0 bridgehead atoms. The SMILES string of the molecule is CCCN(C)S(=O)(=O)c1csc(C(=O)O)c1. The summed E-state index contributed by atoms with van der Waals surface area (Å²) in [5.74, 6) is -1.11. The molecule has 0 atom stereocenters. The molecule has 5 nitrogen and oxygen atoms in total. The van der Waals surface area contributed by atoms with E-state index in [1.54, 1.807) is 0 Å². The molecule has 0 spiro atoms. The van der Waals surface area contributed by atoms with Gasteiger partial charge in [-0.3, -0.25) is 0 Å². The summed E-state index contributed by atoms with van der Waals surface area (Å²) in [5.41, 5.74) is 0. The number of hydrogen-bond donors (Lipinski definition) is 1. The summed E-state index contributed by atoms with van der Waals surface area (Å²) in [6.45, 7) is 2.29. The Kier molecular flexibility index (Phi) is 4.06. The molecule has 7 heteroatoms. The third-order valence-corrected chi connectivity index (χ3v) is 4.93. The number of carbonyl (C=O) groups is 1. The number of thiophene rings is 1. The molecule has 16 heavy (non-hydrogen) atoms. The highest BCUT2D eigenvalue weighted by atomic mass is 32.2. The lowest BCUT2D eigenvalue weighted by Crippen LogP contribution is -2.27. The Hall–Kier alpha value is -0.920. The Morgan fingerprint density at radius 1 is 1.56 bits per heavy atom. The van der Waals surface area contributed by atoms with Gasteiger partial charge in [0, 0.05) is 19.0 Å². The summed E-state index contributed by atoms with van der Waals surface area (Å²) in [4.78, 5) is 10.7. The minimum Gasteiger partial charge on any atom is -0.477 e. The number of sulfonamides is 1. The Morgan fingerprint density at radius 3 is 2.62 bits per heavy atom. The van der Waals surface area contributed by atoms with Crippen LogP contribution in [0.5, 0.6) is 0 Å². The first-order chi connectivity index (χ1) is 7.39. The minimum absolute atomic E-state index is 0.0310. The molecule has 0 fully saturated rings. The quantitative estimate of drug-likeness (QED) is 0.873. The molecule has 0 aliphatic heterocycles. The number of hydrogen-bond acceptors (Lipinski definition) is 4. The first-order valence-electron chi connectivity index (χ1n) is 4.67. The maximum atomic E-state index is 11.9. The van der Waals surface area contributed by atoms with Gasteiger partial charge in [0.15, 0.2) is 0 Å². The van der Waals surface area contributed by atoms with Crippen molar-refractivity contribution in [1.29, 1.82) is 0 Å². The smallest absolute Gasteiger partial charge is 0.345 e. The van der Waals surface area contributed by atoms with Crippen molar-refractivity contribution in [2.45, 2.75) is 18.2 Å². The van der Waals surface area contributed by atoms with Gasteiger partial charge in [0.05, 0.1) is 4.90 Å². The van der Waals surface area contributed by atoms with Crippen LogP contribution < -0.4 is 0 Å². The fourth-order valence-electron chi connectivity index (χ4n) is 1.18. The second-order valence-electron chi connectivity index (χ2n) is 3.28. The third-order valence-electron chi connectivity index (χ3n) is 2.03. The third kappa shape index (κ3) is 2.60. The molecule has 0 radical (unpaired) electrons. The van der Waals surface area contributed by atoms with Crippen molar-refractivity contribution < 1.29 is 18.3 Å². The fraction of sp³-hybridized carbons (Fsp3) is 0.444. The van der Waals surface area contributed by atoms with Crippen LogP contribution in [0.2, 0.25) is 0 Å². The largest absolute Gasteiger partial charge is 0.477 e. The number of carboxylic acids is 1. The van der Waals surface area contributed by atoms with Crippen molar-refractivity contribution in [2.24, 2.45) is 0 Å². The molecule has 1 heterocycles. The van der Waals surface area contributed by atoms with Crippen LogP contribution in [-0.2, 0) is 10.0 Å². The lowest BCUT2D eigenvalue weighted by atomic mass is 10.5. The summed E-state index contributed by atoms with van der Waals surface area (Å²) >= 11 is 0.915. The molecule has 0 unspecified atom stereocenters. The van der Waals surface area contributed by atoms with Gasteiger partial charge in [0.1, 0.15) is 4.88 Å². The number of aromatic carboxylic acids is 1. The van der Waals surface area contributed by atoms with Crippen LogP contribution >= 0.6 is 11.3 Å². The topological polar surface area (TPSA) is 74.7 Å². The molecule has 0 saturated heterocycles. The van der Waals surface area contributed by atoms with Crippen LogP contribution in [0.3, 0.4) is 0 Å². The van der Waals surface area contributed by atoms with E-state index < -0.39 is 16.0 Å². The first-order valence-corrected chi connectivity index (χ1v) is 6.99. The van der Waals surface area contributed by atoms with E-state index >= 15 is 0 Å². The Morgan fingerprint density at radius 2 is 2.19 bits per heavy atom. The van der Waals surface area contributed by atoms with E-state index in [0.29, 0.717) is 13.0 Å². The van der Waals surface area contributed by atoms with Gasteiger partial charge in [-0.2, -0.15) is 0 Å². The summed E-state index contributed by atoms with van der Waals surface area (Å²) in [6, 6.07) is 1.19. The number of nitrogens with zero attached hydrogens (tertiary/aromatic N) is 1. The van der Waals surface area contributed by atoms with E-state index in [1.807, 2.05) is 6.92 Å². The molecule has 1 aromatic heterocycles. The van der Waals surface area contributed by atoms with Crippen LogP contribution in [0.1, 0.15) is 23.0 Å². The number of carboxylic acid groups (broad SMARTS) is 1. The molecular weight excluding hydrogens is 250 g/mol. The van der Waals surface area contributed by atoms with Crippen LogP contribution in [0.15, 0.2) is 16.3 Å². The maximum Gasteiger partial charge on any atom is 0.345 e. The van der Waals surface area contributed by atoms with Gasteiger partial charge in [-0.25, -0.2) is 17.5 Å². The predicted octanol–water partition coefficient (Wildman–Crippen LogP) is 1.48. The molecule has 0 aromatic carbocycles. The van der Waals surface area contributed by atoms with E-state index in [4.69, 9.17) is 5.11 Å². The van der Waals surface area contributed by atoms with E-state index in [9.17, 15) is 13.2 Å².